The van der Waals surface area contributed by atoms with E-state index in [0.29, 0.717) is 17.3 Å². The number of nitrogens with zero attached hydrogens (tertiary/aromatic N) is 1. The van der Waals surface area contributed by atoms with Crippen LogP contribution in [0.4, 0.5) is 11.5 Å². The maximum atomic E-state index is 12.0. The fourth-order valence-corrected chi connectivity index (χ4v) is 2.59. The molecule has 8 nitrogen and oxygen atoms in total. The Kier molecular flexibility index (Phi) is 7.42. The summed E-state index contributed by atoms with van der Waals surface area (Å²) in [6, 6.07) is 8.87. The number of ether oxygens (including phenoxy) is 1. The second-order valence-electron chi connectivity index (χ2n) is 5.85. The Morgan fingerprint density at radius 3 is 2.48 bits per heavy atom. The molecule has 2 N–H and O–H groups in total. The van der Waals surface area contributed by atoms with Gasteiger partial charge in [-0.15, -0.1) is 11.8 Å². The van der Waals surface area contributed by atoms with Gasteiger partial charge < -0.3 is 19.9 Å². The molecule has 0 saturated carbocycles. The van der Waals surface area contributed by atoms with Gasteiger partial charge in [0, 0.05) is 11.8 Å². The van der Waals surface area contributed by atoms with E-state index in [1.165, 1.54) is 6.92 Å². The summed E-state index contributed by atoms with van der Waals surface area (Å²) in [6.45, 7) is 5.15. The van der Waals surface area contributed by atoms with Gasteiger partial charge in [0.25, 0.3) is 5.91 Å². The number of carbonyl (C=O) groups excluding carboxylic acids is 3. The lowest BCUT2D eigenvalue weighted by Crippen LogP contribution is -2.30. The highest BCUT2D eigenvalue weighted by atomic mass is 32.2. The standard InChI is InChI=1S/C18H21N3O5S/c1-11-4-6-14(7-5-11)19-18(24)13(3)25-17(23)10-27-9-16(22)20-15-8-12(2)26-21-15/h4-8,13H,9-10H2,1-3H3,(H,19,24)(H,20,21,22)/t13-/m0/s1. The normalized spacial score (nSPS) is 11.5. The zero-order valence-electron chi connectivity index (χ0n) is 15.3. The van der Waals surface area contributed by atoms with E-state index in [2.05, 4.69) is 15.8 Å². The lowest BCUT2D eigenvalue weighted by atomic mass is 10.2. The highest BCUT2D eigenvalue weighted by molar-refractivity contribution is 8.00. The molecule has 0 unspecified atom stereocenters. The van der Waals surface area contributed by atoms with E-state index in [1.807, 2.05) is 19.1 Å². The minimum absolute atomic E-state index is 0.0466. The maximum Gasteiger partial charge on any atom is 0.316 e. The van der Waals surface area contributed by atoms with Crippen LogP contribution in [0, 0.1) is 13.8 Å². The molecule has 0 saturated heterocycles. The number of anilines is 2. The first-order chi connectivity index (χ1) is 12.8. The summed E-state index contributed by atoms with van der Waals surface area (Å²) in [7, 11) is 0. The van der Waals surface area contributed by atoms with Crippen molar-refractivity contribution in [2.45, 2.75) is 26.9 Å². The van der Waals surface area contributed by atoms with Crippen LogP contribution in [-0.4, -0.2) is 40.6 Å². The molecule has 9 heteroatoms. The molecule has 144 valence electrons. The van der Waals surface area contributed by atoms with E-state index in [9.17, 15) is 14.4 Å². The lowest BCUT2D eigenvalue weighted by Gasteiger charge is -2.13. The number of amides is 2. The Bertz CT molecular complexity index is 804. The highest BCUT2D eigenvalue weighted by Gasteiger charge is 2.18. The van der Waals surface area contributed by atoms with Crippen LogP contribution in [0.15, 0.2) is 34.9 Å². The number of carbonyl (C=O) groups is 3. The molecule has 1 heterocycles. The number of esters is 1. The number of aromatic nitrogens is 1. The smallest absolute Gasteiger partial charge is 0.316 e. The van der Waals surface area contributed by atoms with Crippen LogP contribution in [-0.2, 0) is 19.1 Å². The summed E-state index contributed by atoms with van der Waals surface area (Å²) < 4.78 is 9.92. The molecule has 1 aromatic heterocycles. The second-order valence-corrected chi connectivity index (χ2v) is 6.84. The van der Waals surface area contributed by atoms with Crippen LogP contribution in [0.3, 0.4) is 0 Å². The minimum atomic E-state index is -0.939. The molecule has 0 aliphatic carbocycles. The SMILES string of the molecule is Cc1ccc(NC(=O)[C@H](C)OC(=O)CSCC(=O)Nc2cc(C)on2)cc1. The van der Waals surface area contributed by atoms with E-state index in [-0.39, 0.29) is 17.4 Å². The van der Waals surface area contributed by atoms with Gasteiger partial charge in [-0.05, 0) is 32.9 Å². The summed E-state index contributed by atoms with van der Waals surface area (Å²) in [5.74, 6) is -0.404. The number of aryl methyl sites for hydroxylation is 2. The van der Waals surface area contributed by atoms with E-state index < -0.39 is 18.0 Å². The summed E-state index contributed by atoms with van der Waals surface area (Å²) in [5.41, 5.74) is 1.70. The van der Waals surface area contributed by atoms with E-state index in [4.69, 9.17) is 9.26 Å². The molecule has 2 amide bonds. The molecule has 0 bridgehead atoms. The number of hydrogen-bond donors (Lipinski definition) is 2. The third-order valence-electron chi connectivity index (χ3n) is 3.35. The molecule has 2 rings (SSSR count). The van der Waals surface area contributed by atoms with E-state index in [0.717, 1.165) is 17.3 Å². The molecule has 1 atom stereocenters. The van der Waals surface area contributed by atoms with Crippen LogP contribution in [0.1, 0.15) is 18.2 Å². The summed E-state index contributed by atoms with van der Waals surface area (Å²) in [6.07, 6.45) is -0.939. The number of nitrogens with one attached hydrogen (secondary N) is 2. The van der Waals surface area contributed by atoms with Gasteiger partial charge in [-0.2, -0.15) is 0 Å². The zero-order chi connectivity index (χ0) is 19.8. The Morgan fingerprint density at radius 2 is 1.85 bits per heavy atom. The monoisotopic (exact) mass is 391 g/mol. The molecule has 2 aromatic rings. The van der Waals surface area contributed by atoms with Crippen LogP contribution in [0.5, 0.6) is 0 Å². The summed E-state index contributed by atoms with van der Waals surface area (Å²) in [4.78, 5) is 35.6. The average Bonchev–Trinajstić information content (AvgIpc) is 3.01. The van der Waals surface area contributed by atoms with Crippen molar-refractivity contribution in [2.75, 3.05) is 22.1 Å². The topological polar surface area (TPSA) is 111 Å². The van der Waals surface area contributed by atoms with Crippen molar-refractivity contribution in [1.29, 1.82) is 0 Å². The molecule has 27 heavy (non-hydrogen) atoms. The first kappa shape index (κ1) is 20.5. The van der Waals surface area contributed by atoms with Crippen molar-refractivity contribution in [2.24, 2.45) is 0 Å². The second kappa shape index (κ2) is 9.77. The van der Waals surface area contributed by atoms with Crippen molar-refractivity contribution in [3.8, 4) is 0 Å². The Balaban J connectivity index is 1.67. The molecule has 1 aromatic carbocycles. The fourth-order valence-electron chi connectivity index (χ4n) is 2.00. The average molecular weight is 391 g/mol. The molecule has 0 radical (unpaired) electrons. The molecule has 0 fully saturated rings. The van der Waals surface area contributed by atoms with Crippen LogP contribution in [0.2, 0.25) is 0 Å². The first-order valence-electron chi connectivity index (χ1n) is 8.21. The number of benzene rings is 1. The highest BCUT2D eigenvalue weighted by Crippen LogP contribution is 2.11. The summed E-state index contributed by atoms with van der Waals surface area (Å²) >= 11 is 1.08. The first-order valence-corrected chi connectivity index (χ1v) is 9.37. The minimum Gasteiger partial charge on any atom is -0.452 e. The number of hydrogen-bond acceptors (Lipinski definition) is 7. The van der Waals surface area contributed by atoms with Gasteiger partial charge in [0.05, 0.1) is 11.5 Å². The third kappa shape index (κ3) is 7.14. The number of thioether (sulfide) groups is 1. The fraction of sp³-hybridized carbons (Fsp3) is 0.333. The summed E-state index contributed by atoms with van der Waals surface area (Å²) in [5, 5.41) is 8.87. The third-order valence-corrected chi connectivity index (χ3v) is 4.25. The van der Waals surface area contributed by atoms with Crippen molar-refractivity contribution in [3.63, 3.8) is 0 Å². The van der Waals surface area contributed by atoms with Crippen molar-refractivity contribution in [1.82, 2.24) is 5.16 Å². The zero-order valence-corrected chi connectivity index (χ0v) is 16.1. The van der Waals surface area contributed by atoms with E-state index in [1.54, 1.807) is 25.1 Å². The quantitative estimate of drug-likeness (QED) is 0.665. The van der Waals surface area contributed by atoms with Crippen molar-refractivity contribution < 1.29 is 23.6 Å². The van der Waals surface area contributed by atoms with Gasteiger partial charge in [0.2, 0.25) is 5.91 Å². The molecular weight excluding hydrogens is 370 g/mol. The molecule has 0 aliphatic rings. The van der Waals surface area contributed by atoms with Crippen LogP contribution in [0.25, 0.3) is 0 Å². The Labute approximate surface area is 161 Å². The van der Waals surface area contributed by atoms with Gasteiger partial charge >= 0.3 is 5.97 Å². The Morgan fingerprint density at radius 1 is 1.15 bits per heavy atom. The predicted octanol–water partition coefficient (Wildman–Crippen LogP) is 2.53. The van der Waals surface area contributed by atoms with Crippen molar-refractivity contribution >= 4 is 41.1 Å². The number of rotatable bonds is 8. The van der Waals surface area contributed by atoms with Gasteiger partial charge in [0.15, 0.2) is 11.9 Å². The van der Waals surface area contributed by atoms with E-state index >= 15 is 0 Å². The lowest BCUT2D eigenvalue weighted by molar-refractivity contribution is -0.150. The van der Waals surface area contributed by atoms with Crippen LogP contribution >= 0.6 is 11.8 Å². The maximum absolute atomic E-state index is 12.0. The van der Waals surface area contributed by atoms with Gasteiger partial charge in [0.1, 0.15) is 5.76 Å². The van der Waals surface area contributed by atoms with Crippen LogP contribution < -0.4 is 10.6 Å². The Hall–Kier alpha value is -2.81. The van der Waals surface area contributed by atoms with Crippen molar-refractivity contribution in [3.05, 3.63) is 41.7 Å². The molecule has 0 aliphatic heterocycles. The van der Waals surface area contributed by atoms with Gasteiger partial charge in [-0.3, -0.25) is 14.4 Å². The predicted molar refractivity (Wildman–Crippen MR) is 103 cm³/mol. The largest absolute Gasteiger partial charge is 0.452 e. The molecular formula is C18H21N3O5S. The molecule has 0 spiro atoms. The van der Waals surface area contributed by atoms with Gasteiger partial charge in [-0.1, -0.05) is 22.9 Å². The van der Waals surface area contributed by atoms with Gasteiger partial charge in [-0.25, -0.2) is 0 Å².